The molecule has 0 aromatic rings. The van der Waals surface area contributed by atoms with Gasteiger partial charge in [0.15, 0.2) is 0 Å². The third-order valence-corrected chi connectivity index (χ3v) is 11.0. The van der Waals surface area contributed by atoms with Crippen molar-refractivity contribution in [3.8, 4) is 0 Å². The molecule has 0 aliphatic heterocycles. The van der Waals surface area contributed by atoms with Crippen LogP contribution in [0.2, 0.25) is 0 Å². The summed E-state index contributed by atoms with van der Waals surface area (Å²) in [6.45, 7) is 12.7. The van der Waals surface area contributed by atoms with E-state index in [2.05, 4.69) is 31.9 Å². The largest absolute Gasteiger partial charge is 0.465 e. The summed E-state index contributed by atoms with van der Waals surface area (Å²) in [5.74, 6) is -0.418. The molecular weight excluding hydrogens is 790 g/mol. The van der Waals surface area contributed by atoms with E-state index in [1.54, 1.807) is 27.7 Å². The van der Waals surface area contributed by atoms with Crippen molar-refractivity contribution < 1.29 is 47.0 Å². The van der Waals surface area contributed by atoms with E-state index >= 15 is 0 Å². The molecule has 10 nitrogen and oxygen atoms in total. The molecule has 0 amide bonds. The molecule has 2 N–H and O–H groups in total. The summed E-state index contributed by atoms with van der Waals surface area (Å²) in [6.07, 6.45) is 19.6. The van der Waals surface area contributed by atoms with Crippen LogP contribution < -0.4 is 0 Å². The monoisotopic (exact) mass is 856 g/mol. The zero-order chi connectivity index (χ0) is 37.0. The molecule has 0 radical (unpaired) electrons. The van der Waals surface area contributed by atoms with Crippen LogP contribution in [0, 0.1) is 0 Å². The quantitative estimate of drug-likeness (QED) is 0.0310. The molecule has 0 bridgehead atoms. The summed E-state index contributed by atoms with van der Waals surface area (Å²) in [4.78, 5) is 40.5. The average Bonchev–Trinajstić information content (AvgIpc) is 2.97. The standard InChI is InChI=1S/C19H38BrO5P.C15H30BrO5P/c1-5-24-26(22,25-6-2)17-15-13-11-9-7-8-10-12-14-16-23-18(21)19(3,4)20;1-15(2,16)14(17)21-12-10-8-6-4-3-5-7-9-11-13-22(18,19)20/h5-17H2,1-4H3;3-13H2,1-2H3,(H2,18,19,20). The number of carbonyl (C=O) groups is 2. The molecule has 0 rings (SSSR count). The highest BCUT2D eigenvalue weighted by molar-refractivity contribution is 9.10. The number of ether oxygens (including phenoxy) is 2. The van der Waals surface area contributed by atoms with Gasteiger partial charge in [-0.05, 0) is 67.2 Å². The van der Waals surface area contributed by atoms with Crippen molar-refractivity contribution in [3.63, 3.8) is 0 Å². The van der Waals surface area contributed by atoms with E-state index in [0.717, 1.165) is 83.5 Å². The van der Waals surface area contributed by atoms with Gasteiger partial charge in [-0.25, -0.2) is 0 Å². The highest BCUT2D eigenvalue weighted by Gasteiger charge is 2.26. The molecular formula is C34H68Br2O10P2. The van der Waals surface area contributed by atoms with Gasteiger partial charge in [-0.15, -0.1) is 0 Å². The van der Waals surface area contributed by atoms with Crippen LogP contribution in [-0.4, -0.2) is 69.1 Å². The second-order valence-electron chi connectivity index (χ2n) is 13.1. The number of hydrogen-bond donors (Lipinski definition) is 2. The third kappa shape index (κ3) is 34.6. The van der Waals surface area contributed by atoms with Gasteiger partial charge in [0.25, 0.3) is 0 Å². The minimum Gasteiger partial charge on any atom is -0.465 e. The predicted octanol–water partition coefficient (Wildman–Crippen LogP) is 10.9. The van der Waals surface area contributed by atoms with Gasteiger partial charge in [-0.2, -0.15) is 0 Å². The van der Waals surface area contributed by atoms with Crippen LogP contribution in [0.25, 0.3) is 0 Å². The molecule has 0 unspecified atom stereocenters. The molecule has 48 heavy (non-hydrogen) atoms. The Bertz CT molecular complexity index is 891. The second kappa shape index (κ2) is 29.7. The van der Waals surface area contributed by atoms with Crippen LogP contribution in [0.1, 0.15) is 157 Å². The molecule has 0 saturated heterocycles. The van der Waals surface area contributed by atoms with E-state index in [1.165, 1.54) is 25.7 Å². The van der Waals surface area contributed by atoms with E-state index in [-0.39, 0.29) is 18.1 Å². The Kier molecular flexibility index (Phi) is 31.2. The van der Waals surface area contributed by atoms with Gasteiger partial charge in [0, 0.05) is 6.16 Å². The van der Waals surface area contributed by atoms with E-state index in [1.807, 2.05) is 13.8 Å². The van der Waals surface area contributed by atoms with E-state index in [0.29, 0.717) is 39.0 Å². The molecule has 288 valence electrons. The first-order chi connectivity index (χ1) is 22.4. The first-order valence-electron chi connectivity index (χ1n) is 18.0. The average molecular weight is 859 g/mol. The van der Waals surface area contributed by atoms with Crippen molar-refractivity contribution in [2.45, 2.75) is 166 Å². The van der Waals surface area contributed by atoms with Crippen LogP contribution in [0.15, 0.2) is 0 Å². The Morgan fingerprint density at radius 3 is 1.06 bits per heavy atom. The normalized spacial score (nSPS) is 12.4. The van der Waals surface area contributed by atoms with Gasteiger partial charge in [0.05, 0.1) is 32.6 Å². The zero-order valence-electron chi connectivity index (χ0n) is 30.8. The summed E-state index contributed by atoms with van der Waals surface area (Å²) in [5, 5.41) is 0. The molecule has 0 saturated carbocycles. The molecule has 0 fully saturated rings. The highest BCUT2D eigenvalue weighted by atomic mass is 79.9. The minimum atomic E-state index is -3.80. The Morgan fingerprint density at radius 2 is 0.792 bits per heavy atom. The Hall–Kier alpha value is 0.200. The molecule has 0 heterocycles. The van der Waals surface area contributed by atoms with Crippen molar-refractivity contribution in [2.24, 2.45) is 0 Å². The van der Waals surface area contributed by atoms with Gasteiger partial charge < -0.3 is 28.3 Å². The lowest BCUT2D eigenvalue weighted by Gasteiger charge is -2.16. The number of alkyl halides is 2. The van der Waals surface area contributed by atoms with Crippen LogP contribution in [0.5, 0.6) is 0 Å². The number of esters is 2. The lowest BCUT2D eigenvalue weighted by Crippen LogP contribution is -2.26. The molecule has 0 atom stereocenters. The first kappa shape index (κ1) is 50.3. The Labute approximate surface area is 309 Å². The maximum Gasteiger partial charge on any atom is 0.330 e. The van der Waals surface area contributed by atoms with Gasteiger partial charge in [-0.3, -0.25) is 18.7 Å². The van der Waals surface area contributed by atoms with Crippen molar-refractivity contribution in [1.29, 1.82) is 0 Å². The second-order valence-corrected chi connectivity index (χ2v) is 21.1. The van der Waals surface area contributed by atoms with Gasteiger partial charge in [0.2, 0.25) is 0 Å². The highest BCUT2D eigenvalue weighted by Crippen LogP contribution is 2.48. The maximum absolute atomic E-state index is 12.3. The number of hydrogen-bond acceptors (Lipinski definition) is 8. The van der Waals surface area contributed by atoms with E-state index < -0.39 is 23.8 Å². The van der Waals surface area contributed by atoms with Crippen LogP contribution in [0.3, 0.4) is 0 Å². The minimum absolute atomic E-state index is 0.0108. The van der Waals surface area contributed by atoms with E-state index in [9.17, 15) is 18.7 Å². The van der Waals surface area contributed by atoms with Gasteiger partial charge >= 0.3 is 27.1 Å². The lowest BCUT2D eigenvalue weighted by atomic mass is 10.1. The summed E-state index contributed by atoms with van der Waals surface area (Å²) >= 11 is 6.56. The van der Waals surface area contributed by atoms with Gasteiger partial charge in [-0.1, -0.05) is 122 Å². The first-order valence-corrected chi connectivity index (χ1v) is 23.1. The van der Waals surface area contributed by atoms with Crippen molar-refractivity contribution >= 4 is 59.0 Å². The fourth-order valence-corrected chi connectivity index (χ4v) is 7.13. The lowest BCUT2D eigenvalue weighted by molar-refractivity contribution is -0.146. The number of unbranched alkanes of at least 4 members (excludes halogenated alkanes) is 16. The number of rotatable bonds is 30. The smallest absolute Gasteiger partial charge is 0.330 e. The van der Waals surface area contributed by atoms with E-state index in [4.69, 9.17) is 28.3 Å². The topological polar surface area (TPSA) is 146 Å². The molecule has 14 heteroatoms. The fourth-order valence-electron chi connectivity index (χ4n) is 4.53. The predicted molar refractivity (Wildman–Crippen MR) is 204 cm³/mol. The van der Waals surface area contributed by atoms with Crippen LogP contribution in [-0.2, 0) is 37.2 Å². The molecule has 0 aromatic heterocycles. The third-order valence-electron chi connectivity index (χ3n) is 7.26. The summed E-state index contributed by atoms with van der Waals surface area (Å²) in [7, 11) is -6.65. The summed E-state index contributed by atoms with van der Waals surface area (Å²) < 4.78 is 42.7. The van der Waals surface area contributed by atoms with Crippen molar-refractivity contribution in [2.75, 3.05) is 38.8 Å². The maximum atomic E-state index is 12.3. The molecule has 0 aliphatic rings. The number of halogens is 2. The summed E-state index contributed by atoms with van der Waals surface area (Å²) in [6, 6.07) is 0. The fraction of sp³-hybridized carbons (Fsp3) is 0.941. The van der Waals surface area contributed by atoms with Gasteiger partial charge in [0.1, 0.15) is 8.65 Å². The van der Waals surface area contributed by atoms with Crippen LogP contribution >= 0.6 is 47.1 Å². The van der Waals surface area contributed by atoms with Crippen molar-refractivity contribution in [3.05, 3.63) is 0 Å². The Morgan fingerprint density at radius 1 is 0.521 bits per heavy atom. The van der Waals surface area contributed by atoms with Crippen LogP contribution in [0.4, 0.5) is 0 Å². The SMILES string of the molecule is CC(C)(Br)C(=O)OCCCCCCCCCCCP(=O)(O)O.CCOP(=O)(CCCCCCCCCCCOC(=O)C(C)(C)Br)OCC. The molecule has 0 aliphatic carbocycles. The Balaban J connectivity index is 0. The summed E-state index contributed by atoms with van der Waals surface area (Å²) in [5.41, 5.74) is 0. The number of carbonyl (C=O) groups excluding carboxylic acids is 2. The molecule has 0 spiro atoms. The zero-order valence-corrected chi connectivity index (χ0v) is 35.7. The van der Waals surface area contributed by atoms with Crippen molar-refractivity contribution in [1.82, 2.24) is 0 Å². The molecule has 0 aromatic carbocycles.